The van der Waals surface area contributed by atoms with E-state index < -0.39 is 0 Å². The van der Waals surface area contributed by atoms with Crippen LogP contribution in [0.15, 0.2) is 12.3 Å². The van der Waals surface area contributed by atoms with E-state index in [1.54, 1.807) is 10.7 Å². The van der Waals surface area contributed by atoms with Gasteiger partial charge in [0.2, 0.25) is 0 Å². The SMILES string of the molecule is CCN(C(=O)c1cnn2c(C)cc(C)nc12)C1CCNC1. The van der Waals surface area contributed by atoms with Crippen LogP contribution in [0.25, 0.3) is 5.65 Å². The summed E-state index contributed by atoms with van der Waals surface area (Å²) in [5.74, 6) is 0.0266. The predicted octanol–water partition coefficient (Wildman–Crippen LogP) is 1.17. The van der Waals surface area contributed by atoms with Crippen LogP contribution in [0, 0.1) is 13.8 Å². The lowest BCUT2D eigenvalue weighted by molar-refractivity contribution is 0.0705. The maximum absolute atomic E-state index is 12.9. The standard InChI is InChI=1S/C15H21N5O/c1-4-19(12-5-6-16-8-12)15(21)13-9-17-20-11(3)7-10(2)18-14(13)20/h7,9,12,16H,4-6,8H2,1-3H3. The van der Waals surface area contributed by atoms with Crippen molar-refractivity contribution in [1.29, 1.82) is 0 Å². The number of carbonyl (C=O) groups is 1. The van der Waals surface area contributed by atoms with E-state index in [1.807, 2.05) is 31.7 Å². The molecule has 1 fully saturated rings. The van der Waals surface area contributed by atoms with Crippen LogP contribution < -0.4 is 5.32 Å². The molecule has 1 aliphatic rings. The molecule has 1 aliphatic heterocycles. The summed E-state index contributed by atoms with van der Waals surface area (Å²) >= 11 is 0. The maximum atomic E-state index is 12.9. The zero-order chi connectivity index (χ0) is 15.0. The second-order valence-corrected chi connectivity index (χ2v) is 5.57. The third-order valence-corrected chi connectivity index (χ3v) is 4.08. The Balaban J connectivity index is 2.00. The molecule has 1 atom stereocenters. The number of carbonyl (C=O) groups excluding carboxylic acids is 1. The molecule has 1 saturated heterocycles. The summed E-state index contributed by atoms with van der Waals surface area (Å²) in [5, 5.41) is 7.63. The molecule has 3 heterocycles. The first-order valence-electron chi connectivity index (χ1n) is 7.45. The van der Waals surface area contributed by atoms with Gasteiger partial charge in [-0.25, -0.2) is 9.50 Å². The van der Waals surface area contributed by atoms with Crippen LogP contribution >= 0.6 is 0 Å². The molecule has 0 aromatic carbocycles. The van der Waals surface area contributed by atoms with Gasteiger partial charge in [-0.15, -0.1) is 0 Å². The number of aromatic nitrogens is 3. The molecule has 2 aromatic heterocycles. The van der Waals surface area contributed by atoms with Gasteiger partial charge >= 0.3 is 0 Å². The van der Waals surface area contributed by atoms with Crippen LogP contribution in [0.1, 0.15) is 35.1 Å². The average molecular weight is 287 g/mol. The molecule has 2 aromatic rings. The number of aryl methyl sites for hydroxylation is 2. The summed E-state index contributed by atoms with van der Waals surface area (Å²) in [5.41, 5.74) is 3.14. The monoisotopic (exact) mass is 287 g/mol. The maximum Gasteiger partial charge on any atom is 0.259 e. The van der Waals surface area contributed by atoms with Gasteiger partial charge in [0.05, 0.1) is 6.20 Å². The van der Waals surface area contributed by atoms with E-state index >= 15 is 0 Å². The Bertz CT molecular complexity index is 672. The molecule has 6 nitrogen and oxygen atoms in total. The summed E-state index contributed by atoms with van der Waals surface area (Å²) in [7, 11) is 0. The summed E-state index contributed by atoms with van der Waals surface area (Å²) in [6.45, 7) is 8.47. The normalized spacial score (nSPS) is 18.3. The second-order valence-electron chi connectivity index (χ2n) is 5.57. The van der Waals surface area contributed by atoms with Crippen LogP contribution in [0.4, 0.5) is 0 Å². The number of fused-ring (bicyclic) bond motifs is 1. The average Bonchev–Trinajstić information content (AvgIpc) is 3.08. The van der Waals surface area contributed by atoms with E-state index in [0.717, 1.165) is 30.9 Å². The largest absolute Gasteiger partial charge is 0.334 e. The second kappa shape index (κ2) is 5.44. The molecule has 0 saturated carbocycles. The van der Waals surface area contributed by atoms with E-state index in [9.17, 15) is 4.79 Å². The van der Waals surface area contributed by atoms with Gasteiger partial charge in [-0.1, -0.05) is 0 Å². The van der Waals surface area contributed by atoms with Gasteiger partial charge in [0, 0.05) is 30.5 Å². The number of hydrogen-bond acceptors (Lipinski definition) is 4. The topological polar surface area (TPSA) is 62.5 Å². The van der Waals surface area contributed by atoms with Crippen molar-refractivity contribution in [1.82, 2.24) is 24.8 Å². The number of amides is 1. The Morgan fingerprint density at radius 3 is 3.00 bits per heavy atom. The molecular formula is C15H21N5O. The highest BCUT2D eigenvalue weighted by Gasteiger charge is 2.28. The van der Waals surface area contributed by atoms with Crippen molar-refractivity contribution in [3.63, 3.8) is 0 Å². The minimum atomic E-state index is 0.0266. The fourth-order valence-electron chi connectivity index (χ4n) is 3.05. The molecule has 1 N–H and O–H groups in total. The quantitative estimate of drug-likeness (QED) is 0.920. The Kier molecular flexibility index (Phi) is 3.63. The van der Waals surface area contributed by atoms with Crippen molar-refractivity contribution in [2.24, 2.45) is 0 Å². The van der Waals surface area contributed by atoms with Crippen LogP contribution in [-0.2, 0) is 0 Å². The van der Waals surface area contributed by atoms with Crippen LogP contribution in [-0.4, -0.2) is 51.1 Å². The first kappa shape index (κ1) is 14.0. The fourth-order valence-corrected chi connectivity index (χ4v) is 3.05. The van der Waals surface area contributed by atoms with Crippen LogP contribution in [0.3, 0.4) is 0 Å². The van der Waals surface area contributed by atoms with E-state index in [-0.39, 0.29) is 11.9 Å². The molecule has 21 heavy (non-hydrogen) atoms. The van der Waals surface area contributed by atoms with Crippen molar-refractivity contribution < 1.29 is 4.79 Å². The summed E-state index contributed by atoms with van der Waals surface area (Å²) < 4.78 is 1.74. The van der Waals surface area contributed by atoms with Crippen LogP contribution in [0.2, 0.25) is 0 Å². The fraction of sp³-hybridized carbons (Fsp3) is 0.533. The Morgan fingerprint density at radius 1 is 1.52 bits per heavy atom. The molecule has 0 spiro atoms. The highest BCUT2D eigenvalue weighted by molar-refractivity contribution is 5.99. The Labute approximate surface area is 124 Å². The Hall–Kier alpha value is -1.95. The first-order valence-corrected chi connectivity index (χ1v) is 7.45. The highest BCUT2D eigenvalue weighted by atomic mass is 16.2. The van der Waals surface area contributed by atoms with Gasteiger partial charge in [0.25, 0.3) is 5.91 Å². The van der Waals surface area contributed by atoms with Gasteiger partial charge < -0.3 is 10.2 Å². The lowest BCUT2D eigenvalue weighted by Gasteiger charge is -2.26. The zero-order valence-electron chi connectivity index (χ0n) is 12.8. The van der Waals surface area contributed by atoms with Gasteiger partial charge in [-0.3, -0.25) is 4.79 Å². The van der Waals surface area contributed by atoms with Crippen molar-refractivity contribution >= 4 is 11.6 Å². The third-order valence-electron chi connectivity index (χ3n) is 4.08. The molecule has 6 heteroatoms. The molecule has 0 radical (unpaired) electrons. The van der Waals surface area contributed by atoms with E-state index in [0.29, 0.717) is 17.8 Å². The van der Waals surface area contributed by atoms with Gasteiger partial charge in [-0.2, -0.15) is 5.10 Å². The predicted molar refractivity (Wildman–Crippen MR) is 80.4 cm³/mol. The number of nitrogens with zero attached hydrogens (tertiary/aromatic N) is 4. The third kappa shape index (κ3) is 2.40. The minimum Gasteiger partial charge on any atom is -0.334 e. The van der Waals surface area contributed by atoms with Crippen molar-refractivity contribution in [2.75, 3.05) is 19.6 Å². The number of hydrogen-bond donors (Lipinski definition) is 1. The Morgan fingerprint density at radius 2 is 2.33 bits per heavy atom. The molecule has 112 valence electrons. The van der Waals surface area contributed by atoms with E-state index in [1.165, 1.54) is 0 Å². The number of likely N-dealkylation sites (N-methyl/N-ethyl adjacent to an activating group) is 1. The van der Waals surface area contributed by atoms with Crippen molar-refractivity contribution in [3.05, 3.63) is 29.2 Å². The van der Waals surface area contributed by atoms with Gasteiger partial charge in [0.15, 0.2) is 5.65 Å². The summed E-state index contributed by atoms with van der Waals surface area (Å²) in [6.07, 6.45) is 2.65. The van der Waals surface area contributed by atoms with E-state index in [4.69, 9.17) is 0 Å². The highest BCUT2D eigenvalue weighted by Crippen LogP contribution is 2.17. The van der Waals surface area contributed by atoms with Gasteiger partial charge in [0.1, 0.15) is 5.56 Å². The smallest absolute Gasteiger partial charge is 0.259 e. The van der Waals surface area contributed by atoms with Crippen LogP contribution in [0.5, 0.6) is 0 Å². The molecular weight excluding hydrogens is 266 g/mol. The first-order chi connectivity index (χ1) is 10.1. The summed E-state index contributed by atoms with van der Waals surface area (Å²) in [4.78, 5) is 19.3. The lowest BCUT2D eigenvalue weighted by Crippen LogP contribution is -2.41. The molecule has 3 rings (SSSR count). The van der Waals surface area contributed by atoms with Crippen molar-refractivity contribution in [3.8, 4) is 0 Å². The molecule has 0 bridgehead atoms. The van der Waals surface area contributed by atoms with Crippen molar-refractivity contribution in [2.45, 2.75) is 33.2 Å². The van der Waals surface area contributed by atoms with Gasteiger partial charge in [-0.05, 0) is 39.8 Å². The lowest BCUT2D eigenvalue weighted by atomic mass is 10.2. The van der Waals surface area contributed by atoms with E-state index in [2.05, 4.69) is 15.4 Å². The molecule has 1 unspecified atom stereocenters. The molecule has 1 amide bonds. The number of nitrogens with one attached hydrogen (secondary N) is 1. The summed E-state index contributed by atoms with van der Waals surface area (Å²) in [6, 6.07) is 2.23. The molecule has 0 aliphatic carbocycles. The minimum absolute atomic E-state index is 0.0266. The zero-order valence-corrected chi connectivity index (χ0v) is 12.8. The number of rotatable bonds is 3.